The first-order chi connectivity index (χ1) is 19.1. The molecule has 40 heavy (non-hydrogen) atoms. The van der Waals surface area contributed by atoms with Crippen LogP contribution in [0.25, 0.3) is 27.5 Å². The highest BCUT2D eigenvalue weighted by molar-refractivity contribution is 7.14. The van der Waals surface area contributed by atoms with Crippen LogP contribution in [0.1, 0.15) is 76.8 Å². The summed E-state index contributed by atoms with van der Waals surface area (Å²) in [7, 11) is 0. The molecule has 11 heteroatoms. The van der Waals surface area contributed by atoms with Crippen molar-refractivity contribution in [1.82, 2.24) is 30.1 Å². The van der Waals surface area contributed by atoms with Crippen molar-refractivity contribution in [2.45, 2.75) is 83.9 Å². The van der Waals surface area contributed by atoms with Gasteiger partial charge in [0.05, 0.1) is 34.2 Å². The molecule has 1 fully saturated rings. The lowest BCUT2D eigenvalue weighted by Crippen LogP contribution is -2.40. The Hall–Kier alpha value is -4.04. The van der Waals surface area contributed by atoms with Gasteiger partial charge < -0.3 is 15.4 Å². The van der Waals surface area contributed by atoms with Crippen LogP contribution in [0.15, 0.2) is 36.7 Å². The number of hydrogen-bond donors (Lipinski definition) is 2. The van der Waals surface area contributed by atoms with Crippen molar-refractivity contribution >= 4 is 28.6 Å². The quantitative estimate of drug-likeness (QED) is 0.288. The number of carbonyl (C=O) groups excluding carboxylic acids is 1. The van der Waals surface area contributed by atoms with Gasteiger partial charge in [0, 0.05) is 29.9 Å². The van der Waals surface area contributed by atoms with Gasteiger partial charge in [-0.25, -0.2) is 9.31 Å². The van der Waals surface area contributed by atoms with Crippen molar-refractivity contribution in [2.24, 2.45) is 0 Å². The zero-order valence-electron chi connectivity index (χ0n) is 23.4. The molecule has 0 aromatic carbocycles. The summed E-state index contributed by atoms with van der Waals surface area (Å²) in [4.78, 5) is 16.9. The Morgan fingerprint density at radius 2 is 1.93 bits per heavy atom. The van der Waals surface area contributed by atoms with E-state index in [1.807, 2.05) is 51.2 Å². The number of fused-ring (bicyclic) bond motifs is 1. The molecule has 0 aliphatic heterocycles. The van der Waals surface area contributed by atoms with Gasteiger partial charge in [0.2, 0.25) is 0 Å². The summed E-state index contributed by atoms with van der Waals surface area (Å²) in [5.74, 6) is 0.313. The molecule has 0 spiro atoms. The smallest absolute Gasteiger partial charge is 0.407 e. The van der Waals surface area contributed by atoms with Gasteiger partial charge in [-0.3, -0.25) is 4.98 Å². The number of rotatable bonds is 6. The van der Waals surface area contributed by atoms with E-state index in [1.165, 1.54) is 0 Å². The molecule has 4 aromatic heterocycles. The van der Waals surface area contributed by atoms with E-state index in [1.54, 1.807) is 22.0 Å². The fraction of sp³-hybridized carbons (Fsp3) is 0.448. The molecule has 4 heterocycles. The zero-order valence-corrected chi connectivity index (χ0v) is 24.2. The van der Waals surface area contributed by atoms with E-state index in [0.717, 1.165) is 63.9 Å². The summed E-state index contributed by atoms with van der Waals surface area (Å²) in [5, 5.41) is 31.1. The van der Waals surface area contributed by atoms with Crippen LogP contribution in [0, 0.1) is 11.3 Å². The van der Waals surface area contributed by atoms with E-state index >= 15 is 0 Å². The summed E-state index contributed by atoms with van der Waals surface area (Å²) in [6, 6.07) is 10.2. The Kier molecular flexibility index (Phi) is 7.72. The number of aromatic nitrogens is 5. The number of hydrogen-bond acceptors (Lipinski definition) is 9. The number of anilines is 1. The molecule has 10 nitrogen and oxygen atoms in total. The third kappa shape index (κ3) is 6.23. The van der Waals surface area contributed by atoms with Crippen LogP contribution < -0.4 is 10.6 Å². The standard InChI is InChI=1S/C29H34N8O2S/c1-17(2)33-23-13-24(25-11-10-21-12-18(14-30)15-32-37(21)25)31-16-22(23)27-36-35-26(40-27)19-6-8-20(9-7-19)34-28(38)39-29(3,4)5/h10-13,15-17,19-20H,6-9H2,1-5H3,(H,31,33)(H,34,38). The lowest BCUT2D eigenvalue weighted by atomic mass is 9.86. The minimum Gasteiger partial charge on any atom is -0.444 e. The minimum absolute atomic E-state index is 0.114. The zero-order chi connectivity index (χ0) is 28.4. The topological polar surface area (TPSA) is 130 Å². The molecule has 0 unspecified atom stereocenters. The molecule has 0 saturated heterocycles. The van der Waals surface area contributed by atoms with Crippen molar-refractivity contribution in [3.8, 4) is 28.0 Å². The first kappa shape index (κ1) is 27.5. The van der Waals surface area contributed by atoms with Crippen molar-refractivity contribution in [3.05, 3.63) is 47.2 Å². The average Bonchev–Trinajstić information content (AvgIpc) is 3.55. The maximum atomic E-state index is 12.2. The average molecular weight is 559 g/mol. The molecule has 4 aromatic rings. The van der Waals surface area contributed by atoms with Crippen molar-refractivity contribution in [2.75, 3.05) is 5.32 Å². The number of nitrogens with zero attached hydrogens (tertiary/aromatic N) is 6. The normalized spacial score (nSPS) is 17.5. The van der Waals surface area contributed by atoms with Crippen LogP contribution >= 0.6 is 11.3 Å². The van der Waals surface area contributed by atoms with Crippen LogP contribution in [-0.2, 0) is 4.74 Å². The van der Waals surface area contributed by atoms with E-state index in [4.69, 9.17) is 9.72 Å². The monoisotopic (exact) mass is 558 g/mol. The number of alkyl carbamates (subject to hydrolysis) is 1. The molecule has 0 bridgehead atoms. The molecular formula is C29H34N8O2S. The van der Waals surface area contributed by atoms with Crippen molar-refractivity contribution < 1.29 is 9.53 Å². The van der Waals surface area contributed by atoms with Gasteiger partial charge in [-0.05, 0) is 84.6 Å². The fourth-order valence-electron chi connectivity index (χ4n) is 4.92. The highest BCUT2D eigenvalue weighted by Gasteiger charge is 2.28. The number of pyridine rings is 1. The first-order valence-electron chi connectivity index (χ1n) is 13.6. The summed E-state index contributed by atoms with van der Waals surface area (Å²) >= 11 is 1.60. The van der Waals surface area contributed by atoms with E-state index in [-0.39, 0.29) is 18.2 Å². The Bertz CT molecular complexity index is 1550. The third-order valence-corrected chi connectivity index (χ3v) is 7.83. The largest absolute Gasteiger partial charge is 0.444 e. The number of ether oxygens (including phenoxy) is 1. The second-order valence-electron chi connectivity index (χ2n) is 11.5. The molecule has 1 aliphatic carbocycles. The molecule has 1 aliphatic rings. The van der Waals surface area contributed by atoms with Crippen LogP contribution in [-0.4, -0.2) is 48.6 Å². The Labute approximate surface area is 237 Å². The SMILES string of the molecule is CC(C)Nc1cc(-c2ccc3cc(C#N)cnn23)ncc1-c1nnc(C2CCC(NC(=O)OC(C)(C)C)CC2)s1. The minimum atomic E-state index is -0.505. The van der Waals surface area contributed by atoms with Gasteiger partial charge in [-0.1, -0.05) is 11.3 Å². The van der Waals surface area contributed by atoms with Crippen molar-refractivity contribution in [1.29, 1.82) is 5.26 Å². The van der Waals surface area contributed by atoms with E-state index in [9.17, 15) is 10.1 Å². The van der Waals surface area contributed by atoms with Crippen LogP contribution in [0.4, 0.5) is 10.5 Å². The van der Waals surface area contributed by atoms with Gasteiger partial charge in [-0.15, -0.1) is 10.2 Å². The van der Waals surface area contributed by atoms with E-state index < -0.39 is 5.60 Å². The van der Waals surface area contributed by atoms with Gasteiger partial charge in [0.15, 0.2) is 5.01 Å². The molecule has 5 rings (SSSR count). The Morgan fingerprint density at radius 1 is 1.15 bits per heavy atom. The summed E-state index contributed by atoms with van der Waals surface area (Å²) in [5.41, 5.74) is 4.29. The first-order valence-corrected chi connectivity index (χ1v) is 14.4. The molecule has 0 atom stereocenters. The second-order valence-corrected chi connectivity index (χ2v) is 12.5. The lowest BCUT2D eigenvalue weighted by molar-refractivity contribution is 0.0491. The molecule has 1 amide bonds. The van der Waals surface area contributed by atoms with Crippen LogP contribution in [0.5, 0.6) is 0 Å². The van der Waals surface area contributed by atoms with Gasteiger partial charge in [0.1, 0.15) is 16.7 Å². The fourth-order valence-corrected chi connectivity index (χ4v) is 5.95. The lowest BCUT2D eigenvalue weighted by Gasteiger charge is -2.29. The molecule has 208 valence electrons. The highest BCUT2D eigenvalue weighted by Crippen LogP contribution is 2.39. The molecule has 0 radical (unpaired) electrons. The Balaban J connectivity index is 1.33. The third-order valence-electron chi connectivity index (χ3n) is 6.71. The number of carbonyl (C=O) groups is 1. The summed E-state index contributed by atoms with van der Waals surface area (Å²) in [6.07, 6.45) is 6.67. The van der Waals surface area contributed by atoms with Gasteiger partial charge >= 0.3 is 6.09 Å². The number of nitriles is 1. The van der Waals surface area contributed by atoms with Crippen molar-refractivity contribution in [3.63, 3.8) is 0 Å². The van der Waals surface area contributed by atoms with E-state index in [2.05, 4.69) is 45.8 Å². The van der Waals surface area contributed by atoms with E-state index in [0.29, 0.717) is 11.5 Å². The van der Waals surface area contributed by atoms with Crippen LogP contribution in [0.2, 0.25) is 0 Å². The second kappa shape index (κ2) is 11.2. The van der Waals surface area contributed by atoms with Crippen LogP contribution in [0.3, 0.4) is 0 Å². The number of amides is 1. The molecule has 2 N–H and O–H groups in total. The molecule has 1 saturated carbocycles. The Morgan fingerprint density at radius 3 is 2.62 bits per heavy atom. The summed E-state index contributed by atoms with van der Waals surface area (Å²) < 4.78 is 7.20. The predicted octanol–water partition coefficient (Wildman–Crippen LogP) is 6.16. The highest BCUT2D eigenvalue weighted by atomic mass is 32.1. The summed E-state index contributed by atoms with van der Waals surface area (Å²) in [6.45, 7) is 9.79. The predicted molar refractivity (Wildman–Crippen MR) is 155 cm³/mol. The number of nitrogens with one attached hydrogen (secondary N) is 2. The van der Waals surface area contributed by atoms with Gasteiger partial charge in [0.25, 0.3) is 0 Å². The molecular weight excluding hydrogens is 524 g/mol. The maximum Gasteiger partial charge on any atom is 0.407 e. The maximum absolute atomic E-state index is 12.2. The van der Waals surface area contributed by atoms with Gasteiger partial charge in [-0.2, -0.15) is 10.4 Å².